The van der Waals surface area contributed by atoms with Gasteiger partial charge in [-0.25, -0.2) is 4.79 Å². The van der Waals surface area contributed by atoms with E-state index >= 15 is 0 Å². The molecule has 8 heteroatoms. The SMILES string of the molecule is C=C(NC(=O)C(=C)N1Cc2c(cccc2-c2ccc(NC(C)=O)cc2)C1=O)C(=O)OCC(C)(C)C. The van der Waals surface area contributed by atoms with Crippen molar-refractivity contribution in [3.8, 4) is 11.1 Å². The molecule has 2 aromatic rings. The molecule has 1 aliphatic rings. The van der Waals surface area contributed by atoms with Crippen molar-refractivity contribution >= 4 is 29.4 Å². The lowest BCUT2D eigenvalue weighted by Crippen LogP contribution is -2.36. The molecule has 0 bridgehead atoms. The van der Waals surface area contributed by atoms with Crippen LogP contribution in [-0.2, 0) is 25.7 Å². The molecule has 2 N–H and O–H groups in total. The zero-order chi connectivity index (χ0) is 25.9. The molecule has 1 aliphatic heterocycles. The molecule has 0 spiro atoms. The Labute approximate surface area is 204 Å². The van der Waals surface area contributed by atoms with Crippen LogP contribution < -0.4 is 10.6 Å². The first-order valence-corrected chi connectivity index (χ1v) is 11.1. The van der Waals surface area contributed by atoms with Crippen molar-refractivity contribution in [3.05, 3.63) is 78.1 Å². The average Bonchev–Trinajstić information content (AvgIpc) is 3.13. The summed E-state index contributed by atoms with van der Waals surface area (Å²) < 4.78 is 5.15. The molecule has 0 saturated carbocycles. The number of fused-ring (bicyclic) bond motifs is 1. The van der Waals surface area contributed by atoms with E-state index in [1.807, 2.05) is 39.0 Å². The Bertz CT molecular complexity index is 1220. The molecule has 2 aromatic carbocycles. The van der Waals surface area contributed by atoms with Crippen LogP contribution in [0.3, 0.4) is 0 Å². The normalized spacial score (nSPS) is 12.6. The number of anilines is 1. The van der Waals surface area contributed by atoms with Crippen LogP contribution in [0.1, 0.15) is 43.6 Å². The summed E-state index contributed by atoms with van der Waals surface area (Å²) in [6.07, 6.45) is 0. The average molecular weight is 476 g/mol. The predicted molar refractivity (Wildman–Crippen MR) is 133 cm³/mol. The molecule has 0 fully saturated rings. The van der Waals surface area contributed by atoms with Gasteiger partial charge in [0.2, 0.25) is 5.91 Å². The molecule has 3 amide bonds. The van der Waals surface area contributed by atoms with E-state index < -0.39 is 11.9 Å². The molecular formula is C27H29N3O5. The van der Waals surface area contributed by atoms with Gasteiger partial charge in [0.1, 0.15) is 11.4 Å². The molecular weight excluding hydrogens is 446 g/mol. The highest BCUT2D eigenvalue weighted by Crippen LogP contribution is 2.34. The van der Waals surface area contributed by atoms with Gasteiger partial charge in [-0.3, -0.25) is 19.3 Å². The molecule has 3 rings (SSSR count). The summed E-state index contributed by atoms with van der Waals surface area (Å²) in [5.74, 6) is -1.99. The second kappa shape index (κ2) is 9.97. The summed E-state index contributed by atoms with van der Waals surface area (Å²) in [5.41, 5.74) is 2.99. The second-order valence-electron chi connectivity index (χ2n) is 9.50. The van der Waals surface area contributed by atoms with Crippen LogP contribution in [0, 0.1) is 5.41 Å². The summed E-state index contributed by atoms with van der Waals surface area (Å²) in [5, 5.41) is 5.09. The van der Waals surface area contributed by atoms with E-state index in [0.29, 0.717) is 11.3 Å². The van der Waals surface area contributed by atoms with Gasteiger partial charge in [-0.05, 0) is 40.3 Å². The standard InChI is InChI=1S/C27H29N3O5/c1-16(26(34)35-15-27(4,5)6)28-24(32)17(2)30-14-23-21(8-7-9-22(23)25(30)33)19-10-12-20(13-11-19)29-18(3)31/h7-13H,1-2,14-15H2,3-6H3,(H,28,32)(H,29,31). The van der Waals surface area contributed by atoms with Crippen molar-refractivity contribution in [3.63, 3.8) is 0 Å². The monoisotopic (exact) mass is 475 g/mol. The third-order valence-electron chi connectivity index (χ3n) is 5.22. The van der Waals surface area contributed by atoms with E-state index in [1.165, 1.54) is 11.8 Å². The maximum absolute atomic E-state index is 13.1. The molecule has 0 saturated heterocycles. The third kappa shape index (κ3) is 6.03. The van der Waals surface area contributed by atoms with Crippen molar-refractivity contribution in [2.45, 2.75) is 34.2 Å². The highest BCUT2D eigenvalue weighted by atomic mass is 16.5. The van der Waals surface area contributed by atoms with Gasteiger partial charge in [-0.2, -0.15) is 0 Å². The molecule has 0 aliphatic carbocycles. The van der Waals surface area contributed by atoms with E-state index in [0.717, 1.165) is 16.7 Å². The summed E-state index contributed by atoms with van der Waals surface area (Å²) in [4.78, 5) is 50.4. The number of amides is 3. The van der Waals surface area contributed by atoms with Crippen LogP contribution in [0.5, 0.6) is 0 Å². The highest BCUT2D eigenvalue weighted by molar-refractivity contribution is 6.07. The first kappa shape index (κ1) is 25.4. The van der Waals surface area contributed by atoms with Crippen molar-refractivity contribution in [1.29, 1.82) is 0 Å². The number of nitrogens with one attached hydrogen (secondary N) is 2. The first-order valence-electron chi connectivity index (χ1n) is 11.1. The zero-order valence-electron chi connectivity index (χ0n) is 20.4. The molecule has 182 valence electrons. The first-order chi connectivity index (χ1) is 16.4. The van der Waals surface area contributed by atoms with E-state index in [4.69, 9.17) is 4.74 Å². The Morgan fingerprint density at radius 2 is 1.66 bits per heavy atom. The lowest BCUT2D eigenvalue weighted by atomic mass is 9.97. The van der Waals surface area contributed by atoms with Crippen molar-refractivity contribution < 1.29 is 23.9 Å². The number of benzene rings is 2. The zero-order valence-corrected chi connectivity index (χ0v) is 20.4. The minimum Gasteiger partial charge on any atom is -0.460 e. The third-order valence-corrected chi connectivity index (χ3v) is 5.22. The molecule has 35 heavy (non-hydrogen) atoms. The molecule has 0 unspecified atom stereocenters. The smallest absolute Gasteiger partial charge is 0.354 e. The summed E-state index contributed by atoms with van der Waals surface area (Å²) in [7, 11) is 0. The number of rotatable bonds is 7. The summed E-state index contributed by atoms with van der Waals surface area (Å²) in [6, 6.07) is 12.6. The second-order valence-corrected chi connectivity index (χ2v) is 9.50. The maximum atomic E-state index is 13.1. The molecule has 0 aromatic heterocycles. The van der Waals surface area contributed by atoms with Gasteiger partial charge in [-0.15, -0.1) is 0 Å². The Morgan fingerprint density at radius 1 is 1.03 bits per heavy atom. The minimum absolute atomic E-state index is 0.108. The van der Waals surface area contributed by atoms with Gasteiger partial charge in [0.15, 0.2) is 0 Å². The van der Waals surface area contributed by atoms with Crippen molar-refractivity contribution in [1.82, 2.24) is 10.2 Å². The summed E-state index contributed by atoms with van der Waals surface area (Å²) in [6.45, 7) is 14.8. The number of esters is 1. The Balaban J connectivity index is 1.73. The Morgan fingerprint density at radius 3 is 2.26 bits per heavy atom. The molecule has 1 heterocycles. The number of ether oxygens (including phenoxy) is 1. The van der Waals surface area contributed by atoms with Gasteiger partial charge < -0.3 is 15.4 Å². The lowest BCUT2D eigenvalue weighted by molar-refractivity contribution is -0.142. The number of nitrogens with zero attached hydrogens (tertiary/aromatic N) is 1. The largest absolute Gasteiger partial charge is 0.460 e. The lowest BCUT2D eigenvalue weighted by Gasteiger charge is -2.20. The van der Waals surface area contributed by atoms with Gasteiger partial charge in [0, 0.05) is 18.2 Å². The fourth-order valence-corrected chi connectivity index (χ4v) is 3.51. The molecule has 0 radical (unpaired) electrons. The topological polar surface area (TPSA) is 105 Å². The molecule has 0 atom stereocenters. The van der Waals surface area contributed by atoms with Crippen LogP contribution in [0.4, 0.5) is 5.69 Å². The van der Waals surface area contributed by atoms with E-state index in [2.05, 4.69) is 23.8 Å². The maximum Gasteiger partial charge on any atom is 0.354 e. The fraction of sp³-hybridized carbons (Fsp3) is 0.259. The number of carbonyl (C=O) groups is 4. The van der Waals surface area contributed by atoms with Crippen molar-refractivity contribution in [2.75, 3.05) is 11.9 Å². The molecule has 8 nitrogen and oxygen atoms in total. The quantitative estimate of drug-likeness (QED) is 0.465. The Kier molecular flexibility index (Phi) is 7.24. The Hall–Kier alpha value is -4.20. The highest BCUT2D eigenvalue weighted by Gasteiger charge is 2.33. The predicted octanol–water partition coefficient (Wildman–Crippen LogP) is 4.00. The van der Waals surface area contributed by atoms with Gasteiger partial charge in [0.05, 0.1) is 13.2 Å². The van der Waals surface area contributed by atoms with E-state index in [9.17, 15) is 19.2 Å². The minimum atomic E-state index is -0.748. The van der Waals surface area contributed by atoms with Crippen LogP contribution in [0.25, 0.3) is 11.1 Å². The van der Waals surface area contributed by atoms with Crippen molar-refractivity contribution in [2.24, 2.45) is 5.41 Å². The van der Waals surface area contributed by atoms with Crippen LogP contribution in [0.15, 0.2) is 67.0 Å². The van der Waals surface area contributed by atoms with Crippen LogP contribution >= 0.6 is 0 Å². The van der Waals surface area contributed by atoms with Crippen LogP contribution in [0.2, 0.25) is 0 Å². The van der Waals surface area contributed by atoms with Gasteiger partial charge >= 0.3 is 5.97 Å². The number of hydrogen-bond acceptors (Lipinski definition) is 5. The van der Waals surface area contributed by atoms with Crippen LogP contribution in [-0.4, -0.2) is 35.2 Å². The van der Waals surface area contributed by atoms with E-state index in [-0.39, 0.29) is 41.8 Å². The fourth-order valence-electron chi connectivity index (χ4n) is 3.51. The van der Waals surface area contributed by atoms with E-state index in [1.54, 1.807) is 24.3 Å². The number of hydrogen-bond donors (Lipinski definition) is 2. The number of carbonyl (C=O) groups excluding carboxylic acids is 4. The van der Waals surface area contributed by atoms with Gasteiger partial charge in [-0.1, -0.05) is 58.2 Å². The summed E-state index contributed by atoms with van der Waals surface area (Å²) >= 11 is 0. The van der Waals surface area contributed by atoms with Gasteiger partial charge in [0.25, 0.3) is 11.8 Å².